The van der Waals surface area contributed by atoms with E-state index in [9.17, 15) is 19.8 Å². The minimum absolute atomic E-state index is 0.0587. The Morgan fingerprint density at radius 3 is 2.05 bits per heavy atom. The number of rotatable bonds is 8. The second kappa shape index (κ2) is 8.04. The van der Waals surface area contributed by atoms with E-state index in [2.05, 4.69) is 0 Å². The van der Waals surface area contributed by atoms with E-state index in [1.807, 2.05) is 6.92 Å². The van der Waals surface area contributed by atoms with Crippen LogP contribution in [0.1, 0.15) is 47.5 Å². The van der Waals surface area contributed by atoms with E-state index in [0.29, 0.717) is 6.61 Å². The van der Waals surface area contributed by atoms with Crippen molar-refractivity contribution >= 4 is 11.9 Å². The third-order valence-electron chi connectivity index (χ3n) is 2.97. The quantitative estimate of drug-likeness (QED) is 0.529. The minimum Gasteiger partial charge on any atom is -0.478 e. The molecule has 0 aromatic rings. The molecule has 20 heavy (non-hydrogen) atoms. The number of unbranched alkanes of at least 4 members (excludes halogenated alkanes) is 1. The van der Waals surface area contributed by atoms with Gasteiger partial charge in [-0.25, -0.2) is 9.59 Å². The van der Waals surface area contributed by atoms with Crippen molar-refractivity contribution in [3.05, 3.63) is 11.1 Å². The van der Waals surface area contributed by atoms with Crippen LogP contribution < -0.4 is 0 Å². The fourth-order valence-electron chi connectivity index (χ4n) is 1.99. The summed E-state index contributed by atoms with van der Waals surface area (Å²) < 4.78 is 5.42. The van der Waals surface area contributed by atoms with Crippen LogP contribution in [0.25, 0.3) is 0 Å². The molecule has 0 rings (SSSR count). The second-order valence-electron chi connectivity index (χ2n) is 5.98. The standard InChI is InChI=1S/C15H26O5/c1-6-7-8-20-9-10(2)11(13(16)17)12(14(18)19)15(3,4)5/h10H,6-9H2,1-5H3,(H,16,17)(H,18,19)/b12-11-. The van der Waals surface area contributed by atoms with Crippen LogP contribution in [0, 0.1) is 11.3 Å². The van der Waals surface area contributed by atoms with Gasteiger partial charge in [0.1, 0.15) is 0 Å². The largest absolute Gasteiger partial charge is 0.478 e. The van der Waals surface area contributed by atoms with Gasteiger partial charge in [0, 0.05) is 12.5 Å². The van der Waals surface area contributed by atoms with Gasteiger partial charge < -0.3 is 14.9 Å². The molecule has 0 aliphatic carbocycles. The zero-order valence-electron chi connectivity index (χ0n) is 13.0. The normalized spacial score (nSPS) is 14.7. The zero-order valence-corrected chi connectivity index (χ0v) is 13.0. The van der Waals surface area contributed by atoms with Crippen molar-refractivity contribution in [3.8, 4) is 0 Å². The molecule has 0 aromatic heterocycles. The number of hydrogen-bond donors (Lipinski definition) is 2. The van der Waals surface area contributed by atoms with Gasteiger partial charge in [0.05, 0.1) is 17.8 Å². The molecular formula is C15H26O5. The lowest BCUT2D eigenvalue weighted by molar-refractivity contribution is -0.137. The number of carboxylic acids is 2. The Labute approximate surface area is 120 Å². The number of carbonyl (C=O) groups is 2. The summed E-state index contributed by atoms with van der Waals surface area (Å²) in [4.78, 5) is 22.9. The summed E-state index contributed by atoms with van der Waals surface area (Å²) >= 11 is 0. The van der Waals surface area contributed by atoms with E-state index >= 15 is 0 Å². The number of ether oxygens (including phenoxy) is 1. The van der Waals surface area contributed by atoms with Gasteiger partial charge in [0.15, 0.2) is 0 Å². The van der Waals surface area contributed by atoms with Crippen molar-refractivity contribution < 1.29 is 24.5 Å². The average molecular weight is 286 g/mol. The van der Waals surface area contributed by atoms with Crippen LogP contribution in [0.3, 0.4) is 0 Å². The molecule has 0 aliphatic heterocycles. The monoisotopic (exact) mass is 286 g/mol. The molecule has 1 unspecified atom stereocenters. The molecule has 0 amide bonds. The van der Waals surface area contributed by atoms with Crippen molar-refractivity contribution in [1.29, 1.82) is 0 Å². The molecule has 0 spiro atoms. The highest BCUT2D eigenvalue weighted by Crippen LogP contribution is 2.31. The molecule has 0 fully saturated rings. The van der Waals surface area contributed by atoms with E-state index in [1.54, 1.807) is 27.7 Å². The maximum atomic E-state index is 11.4. The Kier molecular flexibility index (Phi) is 7.50. The van der Waals surface area contributed by atoms with Gasteiger partial charge in [0.25, 0.3) is 0 Å². The molecular weight excluding hydrogens is 260 g/mol. The van der Waals surface area contributed by atoms with Crippen LogP contribution in [-0.4, -0.2) is 35.4 Å². The van der Waals surface area contributed by atoms with Gasteiger partial charge in [0.2, 0.25) is 0 Å². The first kappa shape index (κ1) is 18.6. The first-order valence-corrected chi connectivity index (χ1v) is 6.91. The van der Waals surface area contributed by atoms with Gasteiger partial charge >= 0.3 is 11.9 Å². The zero-order chi connectivity index (χ0) is 15.9. The Hall–Kier alpha value is -1.36. The van der Waals surface area contributed by atoms with Gasteiger partial charge in [-0.2, -0.15) is 0 Å². The maximum Gasteiger partial charge on any atom is 0.332 e. The van der Waals surface area contributed by atoms with Gasteiger partial charge in [-0.3, -0.25) is 0 Å². The van der Waals surface area contributed by atoms with E-state index in [0.717, 1.165) is 12.8 Å². The molecule has 0 heterocycles. The van der Waals surface area contributed by atoms with Crippen molar-refractivity contribution in [2.45, 2.75) is 47.5 Å². The van der Waals surface area contributed by atoms with Gasteiger partial charge in [-0.05, 0) is 11.8 Å². The predicted octanol–water partition coefficient (Wildman–Crippen LogP) is 2.95. The highest BCUT2D eigenvalue weighted by Gasteiger charge is 2.33. The molecule has 2 N–H and O–H groups in total. The van der Waals surface area contributed by atoms with Crippen LogP contribution in [0.4, 0.5) is 0 Å². The molecule has 0 aliphatic rings. The van der Waals surface area contributed by atoms with E-state index in [4.69, 9.17) is 4.74 Å². The molecule has 0 bridgehead atoms. The SMILES string of the molecule is CCCCOCC(C)/C(C(=O)O)=C(\C(=O)O)C(C)(C)C. The Morgan fingerprint density at radius 2 is 1.70 bits per heavy atom. The Balaban J connectivity index is 5.29. The highest BCUT2D eigenvalue weighted by atomic mass is 16.5. The minimum atomic E-state index is -1.19. The van der Waals surface area contributed by atoms with Crippen LogP contribution in [0.15, 0.2) is 11.1 Å². The first-order valence-electron chi connectivity index (χ1n) is 6.91. The maximum absolute atomic E-state index is 11.4. The molecule has 0 saturated carbocycles. The van der Waals surface area contributed by atoms with Gasteiger partial charge in [-0.15, -0.1) is 0 Å². The first-order chi connectivity index (χ1) is 9.12. The number of carboxylic acid groups (broad SMARTS) is 2. The molecule has 116 valence electrons. The summed E-state index contributed by atoms with van der Waals surface area (Å²) in [6, 6.07) is 0. The predicted molar refractivity (Wildman–Crippen MR) is 76.6 cm³/mol. The Morgan fingerprint density at radius 1 is 1.15 bits per heavy atom. The van der Waals surface area contributed by atoms with Crippen molar-refractivity contribution in [2.75, 3.05) is 13.2 Å². The molecule has 0 saturated heterocycles. The van der Waals surface area contributed by atoms with Crippen molar-refractivity contribution in [3.63, 3.8) is 0 Å². The summed E-state index contributed by atoms with van der Waals surface area (Å²) in [6.07, 6.45) is 1.91. The smallest absolute Gasteiger partial charge is 0.332 e. The average Bonchev–Trinajstić information content (AvgIpc) is 2.28. The lowest BCUT2D eigenvalue weighted by Crippen LogP contribution is -2.27. The Bertz CT molecular complexity index is 376. The molecule has 5 heteroatoms. The summed E-state index contributed by atoms with van der Waals surface area (Å²) in [5, 5.41) is 18.7. The summed E-state index contributed by atoms with van der Waals surface area (Å²) in [5.74, 6) is -2.84. The summed E-state index contributed by atoms with van der Waals surface area (Å²) in [6.45, 7) is 9.60. The summed E-state index contributed by atoms with van der Waals surface area (Å²) in [7, 11) is 0. The fourth-order valence-corrected chi connectivity index (χ4v) is 1.99. The van der Waals surface area contributed by atoms with Crippen LogP contribution in [0.5, 0.6) is 0 Å². The lowest BCUT2D eigenvalue weighted by Gasteiger charge is -2.24. The van der Waals surface area contributed by atoms with Crippen molar-refractivity contribution in [1.82, 2.24) is 0 Å². The third kappa shape index (κ3) is 5.74. The highest BCUT2D eigenvalue weighted by molar-refractivity contribution is 6.00. The van der Waals surface area contributed by atoms with E-state index in [1.165, 1.54) is 0 Å². The van der Waals surface area contributed by atoms with Crippen LogP contribution in [0.2, 0.25) is 0 Å². The second-order valence-corrected chi connectivity index (χ2v) is 5.98. The topological polar surface area (TPSA) is 83.8 Å². The summed E-state index contributed by atoms with van der Waals surface area (Å²) in [5.41, 5.74) is -0.866. The lowest BCUT2D eigenvalue weighted by atomic mass is 9.80. The third-order valence-corrected chi connectivity index (χ3v) is 2.97. The number of aliphatic carboxylic acids is 2. The molecule has 0 radical (unpaired) electrons. The van der Waals surface area contributed by atoms with E-state index < -0.39 is 23.3 Å². The van der Waals surface area contributed by atoms with Gasteiger partial charge in [-0.1, -0.05) is 41.0 Å². The number of hydrogen-bond acceptors (Lipinski definition) is 3. The molecule has 5 nitrogen and oxygen atoms in total. The van der Waals surface area contributed by atoms with E-state index in [-0.39, 0.29) is 17.8 Å². The molecule has 0 aromatic carbocycles. The van der Waals surface area contributed by atoms with Crippen LogP contribution >= 0.6 is 0 Å². The molecule has 1 atom stereocenters. The van der Waals surface area contributed by atoms with Crippen LogP contribution in [-0.2, 0) is 14.3 Å². The fraction of sp³-hybridized carbons (Fsp3) is 0.733. The van der Waals surface area contributed by atoms with Crippen molar-refractivity contribution in [2.24, 2.45) is 11.3 Å².